The number of aromatic hydroxyl groups is 1. The molecule has 1 atom stereocenters. The number of nitrogens with zero attached hydrogens (tertiary/aromatic N) is 1. The number of amides is 1. The summed E-state index contributed by atoms with van der Waals surface area (Å²) in [5.74, 6) is -1.92. The number of aromatic amines is 1. The molecule has 0 spiro atoms. The van der Waals surface area contributed by atoms with Gasteiger partial charge in [-0.05, 0) is 42.7 Å². The number of nitrogens with one attached hydrogen (secondary N) is 2. The topological polar surface area (TPSA) is 144 Å². The molecule has 9 heteroatoms. The Kier molecular flexibility index (Phi) is 6.31. The van der Waals surface area contributed by atoms with Crippen molar-refractivity contribution in [3.05, 3.63) is 74.9 Å². The molecular formula is C21H20N3O6-. The van der Waals surface area contributed by atoms with Crippen molar-refractivity contribution in [2.75, 3.05) is 0 Å². The second kappa shape index (κ2) is 9.08. The third-order valence-electron chi connectivity index (χ3n) is 4.67. The van der Waals surface area contributed by atoms with Gasteiger partial charge in [-0.3, -0.25) is 14.2 Å². The SMILES string of the molecule is O=C(CCCn1c(=O)[nH]c2ccccc2c1=O)N[C@@H](Cc1ccc(O)cc1)C(=O)[O-]. The molecule has 30 heavy (non-hydrogen) atoms. The minimum atomic E-state index is -1.43. The van der Waals surface area contributed by atoms with Crippen LogP contribution in [0.15, 0.2) is 58.1 Å². The Balaban J connectivity index is 1.60. The first-order valence-corrected chi connectivity index (χ1v) is 9.35. The first-order chi connectivity index (χ1) is 14.3. The van der Waals surface area contributed by atoms with Crippen LogP contribution in [0, 0.1) is 0 Å². The second-order valence-corrected chi connectivity index (χ2v) is 6.85. The summed E-state index contributed by atoms with van der Waals surface area (Å²) in [5, 5.41) is 23.4. The molecule has 0 bridgehead atoms. The van der Waals surface area contributed by atoms with Gasteiger partial charge in [0.1, 0.15) is 5.75 Å². The van der Waals surface area contributed by atoms with Gasteiger partial charge in [0, 0.05) is 13.0 Å². The molecule has 0 aliphatic heterocycles. The van der Waals surface area contributed by atoms with E-state index in [1.54, 1.807) is 36.4 Å². The van der Waals surface area contributed by atoms with Gasteiger partial charge in [-0.2, -0.15) is 0 Å². The number of carbonyl (C=O) groups is 2. The Labute approximate surface area is 170 Å². The monoisotopic (exact) mass is 410 g/mol. The van der Waals surface area contributed by atoms with Gasteiger partial charge in [0.05, 0.1) is 22.9 Å². The van der Waals surface area contributed by atoms with Crippen LogP contribution in [0.2, 0.25) is 0 Å². The van der Waals surface area contributed by atoms with E-state index in [0.717, 1.165) is 4.57 Å². The van der Waals surface area contributed by atoms with Crippen LogP contribution < -0.4 is 21.7 Å². The van der Waals surface area contributed by atoms with Gasteiger partial charge in [-0.1, -0.05) is 24.3 Å². The van der Waals surface area contributed by atoms with Gasteiger partial charge in [0.15, 0.2) is 0 Å². The number of carboxylic acids is 1. The van der Waals surface area contributed by atoms with E-state index in [-0.39, 0.29) is 31.6 Å². The number of rotatable bonds is 8. The zero-order valence-electron chi connectivity index (χ0n) is 16.0. The smallest absolute Gasteiger partial charge is 0.328 e. The molecule has 0 saturated carbocycles. The van der Waals surface area contributed by atoms with E-state index in [1.165, 1.54) is 12.1 Å². The van der Waals surface area contributed by atoms with E-state index in [2.05, 4.69) is 10.3 Å². The fraction of sp³-hybridized carbons (Fsp3) is 0.238. The highest BCUT2D eigenvalue weighted by Crippen LogP contribution is 2.11. The van der Waals surface area contributed by atoms with Gasteiger partial charge >= 0.3 is 5.69 Å². The van der Waals surface area contributed by atoms with Crippen molar-refractivity contribution < 1.29 is 19.8 Å². The number of hydrogen-bond acceptors (Lipinski definition) is 6. The van der Waals surface area contributed by atoms with E-state index in [0.29, 0.717) is 16.5 Å². The largest absolute Gasteiger partial charge is 0.548 e. The lowest BCUT2D eigenvalue weighted by Crippen LogP contribution is -2.49. The Morgan fingerprint density at radius 3 is 2.50 bits per heavy atom. The number of carbonyl (C=O) groups excluding carboxylic acids is 2. The van der Waals surface area contributed by atoms with Gasteiger partial charge in [-0.25, -0.2) is 4.79 Å². The Hall–Kier alpha value is -3.88. The van der Waals surface area contributed by atoms with Crippen molar-refractivity contribution in [1.82, 2.24) is 14.9 Å². The molecule has 0 saturated heterocycles. The number of H-pyrrole nitrogens is 1. The summed E-state index contributed by atoms with van der Waals surface area (Å²) in [6.45, 7) is 0.0143. The van der Waals surface area contributed by atoms with Crippen LogP contribution in [0.3, 0.4) is 0 Å². The minimum absolute atomic E-state index is 0.00183. The number of aliphatic carboxylic acids is 1. The molecular weight excluding hydrogens is 390 g/mol. The van der Waals surface area contributed by atoms with Gasteiger partial charge in [0.2, 0.25) is 5.91 Å². The fourth-order valence-electron chi connectivity index (χ4n) is 3.13. The molecule has 0 aliphatic carbocycles. The van der Waals surface area contributed by atoms with Crippen molar-refractivity contribution in [1.29, 1.82) is 0 Å². The molecule has 3 N–H and O–H groups in total. The lowest BCUT2D eigenvalue weighted by Gasteiger charge is -2.20. The van der Waals surface area contributed by atoms with Crippen LogP contribution >= 0.6 is 0 Å². The Morgan fingerprint density at radius 2 is 1.80 bits per heavy atom. The van der Waals surface area contributed by atoms with Crippen LogP contribution in [-0.2, 0) is 22.6 Å². The number of para-hydroxylation sites is 1. The molecule has 3 aromatic rings. The average molecular weight is 410 g/mol. The summed E-state index contributed by atoms with van der Waals surface area (Å²) < 4.78 is 1.02. The van der Waals surface area contributed by atoms with Crippen molar-refractivity contribution in [3.8, 4) is 5.75 Å². The van der Waals surface area contributed by atoms with Crippen LogP contribution in [0.25, 0.3) is 10.9 Å². The third kappa shape index (κ3) is 4.93. The van der Waals surface area contributed by atoms with Crippen molar-refractivity contribution in [2.24, 2.45) is 0 Å². The molecule has 9 nitrogen and oxygen atoms in total. The molecule has 1 heterocycles. The van der Waals surface area contributed by atoms with E-state index in [4.69, 9.17) is 0 Å². The first-order valence-electron chi connectivity index (χ1n) is 9.35. The molecule has 156 valence electrons. The summed E-state index contributed by atoms with van der Waals surface area (Å²) in [4.78, 5) is 50.7. The molecule has 0 aliphatic rings. The highest BCUT2D eigenvalue weighted by Gasteiger charge is 2.15. The molecule has 1 amide bonds. The van der Waals surface area contributed by atoms with E-state index in [9.17, 15) is 29.4 Å². The summed E-state index contributed by atoms with van der Waals surface area (Å²) in [7, 11) is 0. The maximum atomic E-state index is 12.5. The minimum Gasteiger partial charge on any atom is -0.548 e. The van der Waals surface area contributed by atoms with E-state index >= 15 is 0 Å². The van der Waals surface area contributed by atoms with E-state index < -0.39 is 29.2 Å². The van der Waals surface area contributed by atoms with Crippen LogP contribution in [-0.4, -0.2) is 32.6 Å². The van der Waals surface area contributed by atoms with Crippen molar-refractivity contribution in [2.45, 2.75) is 31.8 Å². The zero-order valence-corrected chi connectivity index (χ0v) is 16.0. The molecule has 0 unspecified atom stereocenters. The quantitative estimate of drug-likeness (QED) is 0.463. The van der Waals surface area contributed by atoms with Gasteiger partial charge in [-0.15, -0.1) is 0 Å². The second-order valence-electron chi connectivity index (χ2n) is 6.85. The Morgan fingerprint density at radius 1 is 1.10 bits per heavy atom. The number of hydrogen-bond donors (Lipinski definition) is 3. The fourth-order valence-corrected chi connectivity index (χ4v) is 3.13. The zero-order chi connectivity index (χ0) is 21.7. The summed E-state index contributed by atoms with van der Waals surface area (Å²) in [6, 6.07) is 11.3. The molecule has 2 aromatic carbocycles. The maximum Gasteiger partial charge on any atom is 0.328 e. The van der Waals surface area contributed by atoms with Gasteiger partial charge < -0.3 is 25.3 Å². The maximum absolute atomic E-state index is 12.5. The molecule has 0 fully saturated rings. The number of aromatic nitrogens is 2. The van der Waals surface area contributed by atoms with Crippen molar-refractivity contribution >= 4 is 22.8 Å². The van der Waals surface area contributed by atoms with Crippen LogP contribution in [0.5, 0.6) is 5.75 Å². The number of phenols is 1. The summed E-state index contributed by atoms with van der Waals surface area (Å²) in [6.07, 6.45) is 0.0996. The molecule has 3 rings (SSSR count). The Bertz CT molecular complexity index is 1180. The van der Waals surface area contributed by atoms with Crippen LogP contribution in [0.4, 0.5) is 0 Å². The number of phenolic OH excluding ortho intramolecular Hbond substituents is 1. The predicted octanol–water partition coefficient (Wildman–Crippen LogP) is -0.347. The first kappa shape index (κ1) is 20.8. The van der Waals surface area contributed by atoms with Gasteiger partial charge in [0.25, 0.3) is 5.56 Å². The predicted molar refractivity (Wildman–Crippen MR) is 107 cm³/mol. The lowest BCUT2D eigenvalue weighted by atomic mass is 10.1. The molecule has 0 radical (unpaired) electrons. The number of carboxylic acid groups (broad SMARTS) is 1. The summed E-state index contributed by atoms with van der Waals surface area (Å²) in [5.41, 5.74) is 0.0258. The standard InChI is InChI=1S/C21H21N3O6/c25-14-9-7-13(8-10-14)12-17(20(28)29)22-18(26)6-3-11-24-19(27)15-4-1-2-5-16(15)23-21(24)30/h1-2,4-5,7-10,17,25H,3,6,11-12H2,(H,22,26)(H,23,30)(H,28,29)/p-1/t17-/m0/s1. The number of fused-ring (bicyclic) bond motifs is 1. The highest BCUT2D eigenvalue weighted by molar-refractivity contribution is 5.82. The lowest BCUT2D eigenvalue weighted by molar-refractivity contribution is -0.308. The highest BCUT2D eigenvalue weighted by atomic mass is 16.4. The average Bonchev–Trinajstić information content (AvgIpc) is 2.71. The number of benzene rings is 2. The summed E-state index contributed by atoms with van der Waals surface area (Å²) >= 11 is 0. The third-order valence-corrected chi connectivity index (χ3v) is 4.67. The van der Waals surface area contributed by atoms with Crippen LogP contribution in [0.1, 0.15) is 18.4 Å². The normalized spacial score (nSPS) is 11.9. The van der Waals surface area contributed by atoms with Crippen molar-refractivity contribution in [3.63, 3.8) is 0 Å². The van der Waals surface area contributed by atoms with E-state index in [1.807, 2.05) is 0 Å². The molecule has 1 aromatic heterocycles.